The summed E-state index contributed by atoms with van der Waals surface area (Å²) in [6.07, 6.45) is 4.77. The lowest BCUT2D eigenvalue weighted by Gasteiger charge is -2.37. The monoisotopic (exact) mass is 534 g/mol. The van der Waals surface area contributed by atoms with Crippen molar-refractivity contribution >= 4 is 47.4 Å². The third-order valence-electron chi connectivity index (χ3n) is 6.27. The number of hydrogen-bond donors (Lipinski definition) is 2. The summed E-state index contributed by atoms with van der Waals surface area (Å²) in [5.74, 6) is 1.56. The quantitative estimate of drug-likeness (QED) is 0.309. The van der Waals surface area contributed by atoms with Crippen molar-refractivity contribution in [2.24, 2.45) is 10.9 Å². The lowest BCUT2D eigenvalue weighted by Crippen LogP contribution is -2.49. The normalized spacial score (nSPS) is 15.6. The summed E-state index contributed by atoms with van der Waals surface area (Å²) in [7, 11) is 3.55. The van der Waals surface area contributed by atoms with E-state index in [1.165, 1.54) is 5.56 Å². The maximum absolute atomic E-state index is 11.6. The zero-order valence-electron chi connectivity index (χ0n) is 18.1. The number of piperidine rings is 1. The van der Waals surface area contributed by atoms with Crippen LogP contribution in [-0.4, -0.2) is 50.5 Å². The largest absolute Gasteiger partial charge is 0.359 e. The number of benzene rings is 1. The van der Waals surface area contributed by atoms with Crippen LogP contribution >= 0.6 is 35.6 Å². The van der Waals surface area contributed by atoms with Crippen LogP contribution in [0.25, 0.3) is 0 Å². The maximum Gasteiger partial charge on any atom is 0.220 e. The summed E-state index contributed by atoms with van der Waals surface area (Å²) in [5.41, 5.74) is 1.37. The zero-order valence-corrected chi connectivity index (χ0v) is 21.2. The number of nitrogens with one attached hydrogen (secondary N) is 2. The second kappa shape index (κ2) is 12.6. The smallest absolute Gasteiger partial charge is 0.220 e. The molecule has 1 aromatic carbocycles. The van der Waals surface area contributed by atoms with E-state index < -0.39 is 0 Å². The zero-order chi connectivity index (χ0) is 20.6. The third kappa shape index (κ3) is 7.02. The van der Waals surface area contributed by atoms with Gasteiger partial charge in [0.05, 0.1) is 0 Å². The molecule has 1 fully saturated rings. The Hall–Kier alpha value is -1.02. The third-order valence-corrected chi connectivity index (χ3v) is 6.53. The van der Waals surface area contributed by atoms with Crippen molar-refractivity contribution < 1.29 is 4.79 Å². The highest BCUT2D eigenvalue weighted by molar-refractivity contribution is 14.0. The summed E-state index contributed by atoms with van der Waals surface area (Å²) < 4.78 is 0. The van der Waals surface area contributed by atoms with Gasteiger partial charge in [0.15, 0.2) is 5.96 Å². The molecular weight excluding hydrogens is 499 g/mol. The molecule has 2 rings (SSSR count). The van der Waals surface area contributed by atoms with Crippen molar-refractivity contribution in [3.8, 4) is 0 Å². The fourth-order valence-corrected chi connectivity index (χ4v) is 4.23. The number of hydrogen-bond acceptors (Lipinski definition) is 2. The molecule has 0 bridgehead atoms. The van der Waals surface area contributed by atoms with E-state index in [1.54, 1.807) is 7.05 Å². The molecule has 164 valence electrons. The molecule has 0 radical (unpaired) electrons. The Balaban J connectivity index is 0.00000420. The molecule has 1 aliphatic rings. The van der Waals surface area contributed by atoms with E-state index in [4.69, 9.17) is 11.6 Å². The van der Waals surface area contributed by atoms with Gasteiger partial charge in [-0.25, -0.2) is 0 Å². The van der Waals surface area contributed by atoms with E-state index in [2.05, 4.69) is 46.5 Å². The summed E-state index contributed by atoms with van der Waals surface area (Å²) in [4.78, 5) is 18.5. The molecule has 0 saturated carbocycles. The van der Waals surface area contributed by atoms with Gasteiger partial charge in [-0.1, -0.05) is 37.6 Å². The summed E-state index contributed by atoms with van der Waals surface area (Å²) >= 11 is 6.09. The first-order chi connectivity index (χ1) is 13.5. The molecule has 0 aromatic heterocycles. The molecule has 7 heteroatoms. The van der Waals surface area contributed by atoms with Crippen molar-refractivity contribution in [1.29, 1.82) is 0 Å². The minimum atomic E-state index is 0. The van der Waals surface area contributed by atoms with Crippen LogP contribution < -0.4 is 10.6 Å². The lowest BCUT2D eigenvalue weighted by atomic mass is 9.76. The minimum Gasteiger partial charge on any atom is -0.359 e. The summed E-state index contributed by atoms with van der Waals surface area (Å²) in [6, 6.07) is 8.24. The number of aliphatic imine (C=N–C) groups is 1. The number of guanidine groups is 1. The standard InChI is InChI=1S/C22H35ClN4O.HI/c1-5-22(6-2,18-7-9-19(23)10-8-18)16-26-21(25-4)27-13-11-17(12-14-27)15-20(28)24-3;/h7-10,17H,5-6,11-16H2,1-4H3,(H,24,28)(H,25,26);1H. The molecule has 5 nitrogen and oxygen atoms in total. The van der Waals surface area contributed by atoms with E-state index in [-0.39, 0.29) is 35.3 Å². The number of rotatable bonds is 7. The molecule has 2 N–H and O–H groups in total. The van der Waals surface area contributed by atoms with Gasteiger partial charge in [-0.05, 0) is 49.3 Å². The molecule has 1 aliphatic heterocycles. The average molecular weight is 535 g/mol. The van der Waals surface area contributed by atoms with Crippen LogP contribution in [0.3, 0.4) is 0 Å². The highest BCUT2D eigenvalue weighted by atomic mass is 127. The minimum absolute atomic E-state index is 0. The van der Waals surface area contributed by atoms with Gasteiger partial charge in [0.1, 0.15) is 0 Å². The van der Waals surface area contributed by atoms with Gasteiger partial charge in [-0.3, -0.25) is 9.79 Å². The number of carbonyl (C=O) groups excluding carboxylic acids is 1. The van der Waals surface area contributed by atoms with Crippen LogP contribution in [-0.2, 0) is 10.2 Å². The van der Waals surface area contributed by atoms with E-state index in [0.29, 0.717) is 12.3 Å². The first-order valence-corrected chi connectivity index (χ1v) is 10.8. The van der Waals surface area contributed by atoms with Gasteiger partial charge in [-0.15, -0.1) is 24.0 Å². The topological polar surface area (TPSA) is 56.7 Å². The SMILES string of the molecule is CCC(CC)(CNC(=NC)N1CCC(CC(=O)NC)CC1)c1ccc(Cl)cc1.I. The second-order valence-corrected chi connectivity index (χ2v) is 8.14. The van der Waals surface area contributed by atoms with Crippen molar-refractivity contribution in [1.82, 2.24) is 15.5 Å². The van der Waals surface area contributed by atoms with Crippen LogP contribution in [0.15, 0.2) is 29.3 Å². The Labute approximate surface area is 198 Å². The van der Waals surface area contributed by atoms with Crippen molar-refractivity contribution in [3.05, 3.63) is 34.9 Å². The lowest BCUT2D eigenvalue weighted by molar-refractivity contribution is -0.121. The first-order valence-electron chi connectivity index (χ1n) is 10.4. The molecule has 29 heavy (non-hydrogen) atoms. The number of likely N-dealkylation sites (tertiary alicyclic amines) is 1. The van der Waals surface area contributed by atoms with E-state index in [9.17, 15) is 4.79 Å². The maximum atomic E-state index is 11.6. The Bertz CT molecular complexity index is 653. The van der Waals surface area contributed by atoms with E-state index in [0.717, 1.165) is 56.3 Å². The molecule has 0 atom stereocenters. The van der Waals surface area contributed by atoms with Gasteiger partial charge in [0.2, 0.25) is 5.91 Å². The highest BCUT2D eigenvalue weighted by Gasteiger charge is 2.30. The first kappa shape index (κ1) is 26.0. The average Bonchev–Trinajstić information content (AvgIpc) is 2.73. The van der Waals surface area contributed by atoms with Crippen LogP contribution in [0.5, 0.6) is 0 Å². The Morgan fingerprint density at radius 1 is 1.21 bits per heavy atom. The molecule has 0 aliphatic carbocycles. The van der Waals surface area contributed by atoms with Crippen LogP contribution in [0.2, 0.25) is 5.02 Å². The Kier molecular flexibility index (Phi) is 11.3. The van der Waals surface area contributed by atoms with Gasteiger partial charge < -0.3 is 15.5 Å². The van der Waals surface area contributed by atoms with E-state index >= 15 is 0 Å². The molecular formula is C22H36ClIN4O. The predicted molar refractivity (Wildman–Crippen MR) is 133 cm³/mol. The summed E-state index contributed by atoms with van der Waals surface area (Å²) in [5, 5.41) is 7.13. The van der Waals surface area contributed by atoms with Crippen LogP contribution in [0.1, 0.15) is 51.5 Å². The van der Waals surface area contributed by atoms with Crippen LogP contribution in [0.4, 0.5) is 0 Å². The molecule has 1 amide bonds. The van der Waals surface area contributed by atoms with Crippen molar-refractivity contribution in [3.63, 3.8) is 0 Å². The predicted octanol–water partition coefficient (Wildman–Crippen LogP) is 4.44. The van der Waals surface area contributed by atoms with Gasteiger partial charge in [0, 0.05) is 50.6 Å². The number of nitrogens with zero attached hydrogens (tertiary/aromatic N) is 2. The van der Waals surface area contributed by atoms with Crippen molar-refractivity contribution in [2.75, 3.05) is 33.7 Å². The van der Waals surface area contributed by atoms with Crippen LogP contribution in [0, 0.1) is 5.92 Å². The highest BCUT2D eigenvalue weighted by Crippen LogP contribution is 2.32. The molecule has 1 heterocycles. The molecule has 1 aromatic rings. The number of halogens is 2. The van der Waals surface area contributed by atoms with Gasteiger partial charge in [-0.2, -0.15) is 0 Å². The van der Waals surface area contributed by atoms with Gasteiger partial charge >= 0.3 is 0 Å². The number of carbonyl (C=O) groups is 1. The Morgan fingerprint density at radius 3 is 2.28 bits per heavy atom. The summed E-state index contributed by atoms with van der Waals surface area (Å²) in [6.45, 7) is 7.20. The molecule has 0 spiro atoms. The second-order valence-electron chi connectivity index (χ2n) is 7.70. The fraction of sp³-hybridized carbons (Fsp3) is 0.636. The van der Waals surface area contributed by atoms with Crippen molar-refractivity contribution in [2.45, 2.75) is 51.4 Å². The fourth-order valence-electron chi connectivity index (χ4n) is 4.11. The van der Waals surface area contributed by atoms with E-state index in [1.807, 2.05) is 19.2 Å². The Morgan fingerprint density at radius 2 is 1.79 bits per heavy atom. The molecule has 0 unspecified atom stereocenters. The van der Waals surface area contributed by atoms with Gasteiger partial charge in [0.25, 0.3) is 0 Å². The molecule has 1 saturated heterocycles. The number of amides is 1.